The maximum Gasteiger partial charge on any atom is 0.255 e. The molecule has 0 spiro atoms. The second kappa shape index (κ2) is 6.53. The molecule has 6 nitrogen and oxygen atoms in total. The van der Waals surface area contributed by atoms with Crippen LogP contribution in [0.2, 0.25) is 0 Å². The molecule has 2 aromatic heterocycles. The third-order valence-electron chi connectivity index (χ3n) is 3.75. The first-order valence-corrected chi connectivity index (χ1v) is 7.33. The minimum Gasteiger partial charge on any atom is -0.354 e. The van der Waals surface area contributed by atoms with Crippen molar-refractivity contribution in [2.75, 3.05) is 43.4 Å². The average Bonchev–Trinajstić information content (AvgIpc) is 2.56. The van der Waals surface area contributed by atoms with Crippen LogP contribution in [-0.4, -0.2) is 54.0 Å². The van der Waals surface area contributed by atoms with Gasteiger partial charge in [0.15, 0.2) is 0 Å². The van der Waals surface area contributed by atoms with Crippen LogP contribution in [0, 0.1) is 0 Å². The molecule has 3 heterocycles. The molecule has 0 atom stereocenters. The zero-order valence-electron chi connectivity index (χ0n) is 12.6. The van der Waals surface area contributed by atoms with Gasteiger partial charge in [-0.2, -0.15) is 0 Å². The van der Waals surface area contributed by atoms with Crippen molar-refractivity contribution < 1.29 is 4.79 Å². The third kappa shape index (κ3) is 3.40. The largest absolute Gasteiger partial charge is 0.354 e. The smallest absolute Gasteiger partial charge is 0.255 e. The van der Waals surface area contributed by atoms with Crippen molar-refractivity contribution in [3.8, 4) is 0 Å². The molecule has 0 aliphatic carbocycles. The van der Waals surface area contributed by atoms with E-state index in [2.05, 4.69) is 32.1 Å². The zero-order valence-corrected chi connectivity index (χ0v) is 12.6. The van der Waals surface area contributed by atoms with E-state index < -0.39 is 0 Å². The lowest BCUT2D eigenvalue weighted by Gasteiger charge is -2.33. The van der Waals surface area contributed by atoms with Gasteiger partial charge in [-0.15, -0.1) is 0 Å². The monoisotopic (exact) mass is 297 g/mol. The van der Waals surface area contributed by atoms with Crippen LogP contribution in [0.15, 0.2) is 42.9 Å². The normalized spacial score (nSPS) is 15.6. The quantitative estimate of drug-likeness (QED) is 0.930. The Hall–Kier alpha value is -2.47. The predicted molar refractivity (Wildman–Crippen MR) is 86.1 cm³/mol. The number of nitrogens with one attached hydrogen (secondary N) is 1. The molecule has 6 heteroatoms. The fourth-order valence-electron chi connectivity index (χ4n) is 2.41. The van der Waals surface area contributed by atoms with Gasteiger partial charge in [0.2, 0.25) is 0 Å². The number of hydrogen-bond acceptors (Lipinski definition) is 5. The minimum absolute atomic E-state index is 0.147. The second-order valence-electron chi connectivity index (χ2n) is 5.39. The SMILES string of the molecule is CN1CCN(c2cc(C(=O)Nc3cccnc3)ccn2)CC1. The van der Waals surface area contributed by atoms with Gasteiger partial charge in [0.05, 0.1) is 11.9 Å². The first kappa shape index (κ1) is 14.5. The summed E-state index contributed by atoms with van der Waals surface area (Å²) in [4.78, 5) is 25.2. The molecule has 1 aliphatic rings. The van der Waals surface area contributed by atoms with E-state index in [1.54, 1.807) is 30.7 Å². The maximum atomic E-state index is 12.3. The topological polar surface area (TPSA) is 61.4 Å². The van der Waals surface area contributed by atoms with Crippen molar-refractivity contribution in [3.63, 3.8) is 0 Å². The standard InChI is InChI=1S/C16H19N5O/c1-20-7-9-21(10-8-20)15-11-13(4-6-18-15)16(22)19-14-3-2-5-17-12-14/h2-6,11-12H,7-10H2,1H3,(H,19,22). The van der Waals surface area contributed by atoms with Crippen LogP contribution in [0.1, 0.15) is 10.4 Å². The first-order valence-electron chi connectivity index (χ1n) is 7.33. The average molecular weight is 297 g/mol. The number of amides is 1. The van der Waals surface area contributed by atoms with Crippen LogP contribution < -0.4 is 10.2 Å². The Balaban J connectivity index is 1.72. The van der Waals surface area contributed by atoms with Gasteiger partial charge < -0.3 is 15.1 Å². The van der Waals surface area contributed by atoms with Crippen molar-refractivity contribution in [1.29, 1.82) is 0 Å². The Labute approximate surface area is 129 Å². The fourth-order valence-corrected chi connectivity index (χ4v) is 2.41. The van der Waals surface area contributed by atoms with Crippen molar-refractivity contribution in [2.45, 2.75) is 0 Å². The van der Waals surface area contributed by atoms with Crippen LogP contribution in [0.4, 0.5) is 11.5 Å². The first-order chi connectivity index (χ1) is 10.7. The molecule has 0 saturated carbocycles. The summed E-state index contributed by atoms with van der Waals surface area (Å²) >= 11 is 0. The molecule has 114 valence electrons. The van der Waals surface area contributed by atoms with E-state index in [-0.39, 0.29) is 5.91 Å². The van der Waals surface area contributed by atoms with Crippen molar-refractivity contribution >= 4 is 17.4 Å². The second-order valence-corrected chi connectivity index (χ2v) is 5.39. The van der Waals surface area contributed by atoms with Crippen molar-refractivity contribution in [3.05, 3.63) is 48.4 Å². The fraction of sp³-hybridized carbons (Fsp3) is 0.312. The van der Waals surface area contributed by atoms with Crippen LogP contribution >= 0.6 is 0 Å². The van der Waals surface area contributed by atoms with Gasteiger partial charge in [0, 0.05) is 44.1 Å². The van der Waals surface area contributed by atoms with Crippen LogP contribution in [0.3, 0.4) is 0 Å². The van der Waals surface area contributed by atoms with Crippen molar-refractivity contribution in [2.24, 2.45) is 0 Å². The summed E-state index contributed by atoms with van der Waals surface area (Å²) < 4.78 is 0. The van der Waals surface area contributed by atoms with E-state index in [0.29, 0.717) is 11.3 Å². The highest BCUT2D eigenvalue weighted by atomic mass is 16.1. The Kier molecular flexibility index (Phi) is 4.29. The van der Waals surface area contributed by atoms with Gasteiger partial charge in [-0.05, 0) is 31.3 Å². The molecule has 1 N–H and O–H groups in total. The van der Waals surface area contributed by atoms with Crippen LogP contribution in [0.5, 0.6) is 0 Å². The van der Waals surface area contributed by atoms with Gasteiger partial charge in [-0.1, -0.05) is 0 Å². The molecule has 2 aromatic rings. The summed E-state index contributed by atoms with van der Waals surface area (Å²) in [6.45, 7) is 3.87. The molecule has 3 rings (SSSR count). The number of carbonyl (C=O) groups is 1. The lowest BCUT2D eigenvalue weighted by atomic mass is 10.2. The van der Waals surface area contributed by atoms with Gasteiger partial charge in [0.1, 0.15) is 5.82 Å². The molecule has 22 heavy (non-hydrogen) atoms. The number of pyridine rings is 2. The third-order valence-corrected chi connectivity index (χ3v) is 3.75. The van der Waals surface area contributed by atoms with Gasteiger partial charge >= 0.3 is 0 Å². The molecular formula is C16H19N5O. The molecule has 1 amide bonds. The van der Waals surface area contributed by atoms with Gasteiger partial charge in [-0.3, -0.25) is 9.78 Å². The maximum absolute atomic E-state index is 12.3. The summed E-state index contributed by atoms with van der Waals surface area (Å²) in [7, 11) is 2.11. The van der Waals surface area contributed by atoms with E-state index in [9.17, 15) is 4.79 Å². The number of aromatic nitrogens is 2. The van der Waals surface area contributed by atoms with E-state index in [0.717, 1.165) is 32.0 Å². The van der Waals surface area contributed by atoms with E-state index in [1.165, 1.54) is 0 Å². The van der Waals surface area contributed by atoms with E-state index in [1.807, 2.05) is 12.1 Å². The molecule has 0 unspecified atom stereocenters. The summed E-state index contributed by atoms with van der Waals surface area (Å²) in [5.74, 6) is 0.706. The van der Waals surface area contributed by atoms with Gasteiger partial charge in [-0.25, -0.2) is 4.98 Å². The summed E-state index contributed by atoms with van der Waals surface area (Å²) in [6.07, 6.45) is 4.99. The number of likely N-dealkylation sites (N-methyl/N-ethyl adjacent to an activating group) is 1. The van der Waals surface area contributed by atoms with Crippen LogP contribution in [0.25, 0.3) is 0 Å². The Morgan fingerprint density at radius 3 is 2.73 bits per heavy atom. The zero-order chi connectivity index (χ0) is 15.4. The number of piperazine rings is 1. The summed E-state index contributed by atoms with van der Waals surface area (Å²) in [5, 5.41) is 2.84. The van der Waals surface area contributed by atoms with E-state index in [4.69, 9.17) is 0 Å². The summed E-state index contributed by atoms with van der Waals surface area (Å²) in [5.41, 5.74) is 1.29. The Morgan fingerprint density at radius 1 is 1.18 bits per heavy atom. The predicted octanol–water partition coefficient (Wildman–Crippen LogP) is 1.48. The lowest BCUT2D eigenvalue weighted by molar-refractivity contribution is 0.102. The molecular weight excluding hydrogens is 278 g/mol. The summed E-state index contributed by atoms with van der Waals surface area (Å²) in [6, 6.07) is 7.17. The number of anilines is 2. The molecule has 0 radical (unpaired) electrons. The molecule has 1 saturated heterocycles. The Morgan fingerprint density at radius 2 is 2.00 bits per heavy atom. The highest BCUT2D eigenvalue weighted by molar-refractivity contribution is 6.04. The number of nitrogens with zero attached hydrogens (tertiary/aromatic N) is 4. The highest BCUT2D eigenvalue weighted by Crippen LogP contribution is 2.16. The van der Waals surface area contributed by atoms with E-state index >= 15 is 0 Å². The van der Waals surface area contributed by atoms with Crippen molar-refractivity contribution in [1.82, 2.24) is 14.9 Å². The highest BCUT2D eigenvalue weighted by Gasteiger charge is 2.16. The number of hydrogen-bond donors (Lipinski definition) is 1. The number of carbonyl (C=O) groups excluding carboxylic acids is 1. The Bertz CT molecular complexity index is 638. The van der Waals surface area contributed by atoms with Crippen LogP contribution in [-0.2, 0) is 0 Å². The lowest BCUT2D eigenvalue weighted by Crippen LogP contribution is -2.44. The minimum atomic E-state index is -0.147. The molecule has 1 aliphatic heterocycles. The molecule has 0 bridgehead atoms. The number of rotatable bonds is 3. The van der Waals surface area contributed by atoms with Gasteiger partial charge in [0.25, 0.3) is 5.91 Å². The molecule has 1 fully saturated rings. The molecule has 0 aromatic carbocycles.